The minimum absolute atomic E-state index is 0.00992. The van der Waals surface area contributed by atoms with Gasteiger partial charge in [-0.05, 0) is 31.1 Å². The first-order valence-electron chi connectivity index (χ1n) is 13.0. The lowest BCUT2D eigenvalue weighted by Gasteiger charge is -2.28. The Kier molecular flexibility index (Phi) is 6.71. The van der Waals surface area contributed by atoms with Crippen LogP contribution < -0.4 is 16.2 Å². The summed E-state index contributed by atoms with van der Waals surface area (Å²) in [6.45, 7) is 7.25. The Bertz CT molecular complexity index is 1520. The fourth-order valence-electron chi connectivity index (χ4n) is 4.54. The van der Waals surface area contributed by atoms with E-state index in [-0.39, 0.29) is 40.4 Å². The number of aromatic nitrogens is 5. The highest BCUT2D eigenvalue weighted by Gasteiger charge is 2.30. The van der Waals surface area contributed by atoms with Crippen molar-refractivity contribution in [3.05, 3.63) is 40.1 Å². The number of likely N-dealkylation sites (tertiary alicyclic amines) is 1. The Balaban J connectivity index is 1.41. The molecule has 3 aromatic heterocycles. The maximum absolute atomic E-state index is 13.2. The average Bonchev–Trinajstić information content (AvgIpc) is 3.61. The van der Waals surface area contributed by atoms with Crippen molar-refractivity contribution in [2.45, 2.75) is 59.0 Å². The zero-order valence-corrected chi connectivity index (χ0v) is 22.1. The molecule has 13 heteroatoms. The lowest BCUT2D eigenvalue weighted by molar-refractivity contribution is 0.0700. The Morgan fingerprint density at radius 1 is 1.13 bits per heavy atom. The first kappa shape index (κ1) is 26.1. The van der Waals surface area contributed by atoms with Crippen LogP contribution in [0.1, 0.15) is 67.3 Å². The van der Waals surface area contributed by atoms with Crippen molar-refractivity contribution < 1.29 is 14.7 Å². The van der Waals surface area contributed by atoms with Gasteiger partial charge in [-0.3, -0.25) is 19.0 Å². The van der Waals surface area contributed by atoms with Gasteiger partial charge in [0.15, 0.2) is 11.4 Å². The van der Waals surface area contributed by atoms with Crippen LogP contribution in [-0.4, -0.2) is 65.1 Å². The Hall–Kier alpha value is -4.47. The van der Waals surface area contributed by atoms with E-state index < -0.39 is 17.3 Å². The third-order valence-corrected chi connectivity index (χ3v) is 6.72. The smallest absolute Gasteiger partial charge is 0.291 e. The number of aromatic hydroxyl groups is 1. The summed E-state index contributed by atoms with van der Waals surface area (Å²) in [6, 6.07) is 3.83. The van der Waals surface area contributed by atoms with E-state index in [4.69, 9.17) is 5.26 Å². The summed E-state index contributed by atoms with van der Waals surface area (Å²) in [4.78, 5) is 49.0. The average molecular weight is 534 g/mol. The molecule has 0 unspecified atom stereocenters. The summed E-state index contributed by atoms with van der Waals surface area (Å²) >= 11 is 0. The highest BCUT2D eigenvalue weighted by atomic mass is 16.3. The molecular formula is C26H31N9O4. The van der Waals surface area contributed by atoms with Gasteiger partial charge in [-0.15, -0.1) is 5.10 Å². The van der Waals surface area contributed by atoms with E-state index in [0.717, 1.165) is 17.4 Å². The number of nitriles is 1. The Labute approximate surface area is 224 Å². The van der Waals surface area contributed by atoms with Crippen LogP contribution in [-0.2, 0) is 6.54 Å². The zero-order valence-electron chi connectivity index (χ0n) is 22.1. The fraction of sp³-hybridized carbons (Fsp3) is 0.500. The summed E-state index contributed by atoms with van der Waals surface area (Å²) in [5.41, 5.74) is -0.876. The van der Waals surface area contributed by atoms with Gasteiger partial charge in [-0.2, -0.15) is 9.78 Å². The molecule has 2 aliphatic rings. The molecule has 1 saturated heterocycles. The van der Waals surface area contributed by atoms with Gasteiger partial charge in [-0.25, -0.2) is 9.97 Å². The number of rotatable bonds is 6. The van der Waals surface area contributed by atoms with Crippen LogP contribution in [0.4, 0.5) is 11.6 Å². The first-order chi connectivity index (χ1) is 18.5. The van der Waals surface area contributed by atoms with E-state index in [1.54, 1.807) is 11.0 Å². The predicted molar refractivity (Wildman–Crippen MR) is 141 cm³/mol. The number of hydrogen-bond donors (Lipinski definition) is 3. The molecule has 4 heterocycles. The number of carbonyl (C=O) groups is 2. The molecule has 0 bridgehead atoms. The third kappa shape index (κ3) is 5.55. The number of fused-ring (bicyclic) bond motifs is 1. The number of nitrogens with zero attached hydrogens (tertiary/aromatic N) is 7. The van der Waals surface area contributed by atoms with Crippen molar-refractivity contribution in [2.24, 2.45) is 11.3 Å². The van der Waals surface area contributed by atoms with Gasteiger partial charge in [0.2, 0.25) is 5.88 Å². The van der Waals surface area contributed by atoms with Gasteiger partial charge in [-0.1, -0.05) is 20.8 Å². The van der Waals surface area contributed by atoms with Gasteiger partial charge in [0.05, 0.1) is 18.5 Å². The number of amides is 2. The van der Waals surface area contributed by atoms with Crippen LogP contribution in [0.25, 0.3) is 5.65 Å². The number of piperidine rings is 1. The highest BCUT2D eigenvalue weighted by Crippen LogP contribution is 2.27. The number of nitrogens with one attached hydrogen (secondary N) is 2. The number of carbonyl (C=O) groups excluding carboxylic acids is 2. The van der Waals surface area contributed by atoms with E-state index in [1.807, 2.05) is 20.8 Å². The van der Waals surface area contributed by atoms with Crippen molar-refractivity contribution in [3.63, 3.8) is 0 Å². The van der Waals surface area contributed by atoms with E-state index in [1.165, 1.54) is 17.0 Å². The quantitative estimate of drug-likeness (QED) is 0.429. The van der Waals surface area contributed by atoms with Crippen molar-refractivity contribution in [3.8, 4) is 11.9 Å². The molecular weight excluding hydrogens is 502 g/mol. The van der Waals surface area contributed by atoms with Crippen LogP contribution in [0.15, 0.2) is 23.3 Å². The van der Waals surface area contributed by atoms with Crippen LogP contribution in [0, 0.1) is 22.7 Å². The van der Waals surface area contributed by atoms with Crippen LogP contribution in [0.5, 0.6) is 5.88 Å². The zero-order chi connectivity index (χ0) is 27.9. The Morgan fingerprint density at radius 2 is 1.85 bits per heavy atom. The third-order valence-electron chi connectivity index (χ3n) is 6.72. The molecule has 1 saturated carbocycles. The van der Waals surface area contributed by atoms with Crippen molar-refractivity contribution in [2.75, 3.05) is 18.4 Å². The molecule has 0 spiro atoms. The van der Waals surface area contributed by atoms with E-state index in [0.29, 0.717) is 43.9 Å². The lowest BCUT2D eigenvalue weighted by Crippen LogP contribution is -2.38. The van der Waals surface area contributed by atoms with Gasteiger partial charge in [0.25, 0.3) is 17.4 Å². The second-order valence-corrected chi connectivity index (χ2v) is 11.3. The topological polar surface area (TPSA) is 171 Å². The highest BCUT2D eigenvalue weighted by molar-refractivity contribution is 5.96. The summed E-state index contributed by atoms with van der Waals surface area (Å²) in [5, 5.41) is 30.2. The second-order valence-electron chi connectivity index (χ2n) is 11.3. The van der Waals surface area contributed by atoms with Gasteiger partial charge < -0.3 is 20.6 Å². The SMILES string of the molecule is CC(C)(C)Cn1c(O)c(C(=O)NC2CC2)c(=O)n2nc(Nc3cnc(C(=O)N4CCC(C#N)CC4)cn3)cc12. The second kappa shape index (κ2) is 10.0. The van der Waals surface area contributed by atoms with E-state index in [2.05, 4.69) is 31.8 Å². The maximum Gasteiger partial charge on any atom is 0.291 e. The minimum Gasteiger partial charge on any atom is -0.494 e. The minimum atomic E-state index is -0.731. The molecule has 204 valence electrons. The van der Waals surface area contributed by atoms with Gasteiger partial charge in [0.1, 0.15) is 17.2 Å². The molecule has 39 heavy (non-hydrogen) atoms. The molecule has 5 rings (SSSR count). The molecule has 1 aliphatic heterocycles. The lowest BCUT2D eigenvalue weighted by atomic mass is 9.96. The van der Waals surface area contributed by atoms with Crippen LogP contribution >= 0.6 is 0 Å². The summed E-state index contributed by atoms with van der Waals surface area (Å²) in [7, 11) is 0. The maximum atomic E-state index is 13.2. The van der Waals surface area contributed by atoms with Crippen LogP contribution in [0.2, 0.25) is 0 Å². The molecule has 1 aliphatic carbocycles. The summed E-state index contributed by atoms with van der Waals surface area (Å²) in [5.74, 6) is -0.764. The van der Waals surface area contributed by atoms with Crippen LogP contribution in [0.3, 0.4) is 0 Å². The molecule has 3 N–H and O–H groups in total. The van der Waals surface area contributed by atoms with Crippen molar-refractivity contribution >= 4 is 29.1 Å². The standard InChI is InChI=1S/C26H31N9O4/c1-26(2,3)14-34-20-10-18(32-35(20)25(39)21(24(34)38)22(36)30-16-4-5-16)31-19-13-28-17(12-29-19)23(37)33-8-6-15(11-27)7-9-33/h10,12-13,15-16,38H,4-9,14H2,1-3H3,(H,30,36)(H,29,31,32). The van der Waals surface area contributed by atoms with Gasteiger partial charge in [0, 0.05) is 37.7 Å². The predicted octanol–water partition coefficient (Wildman–Crippen LogP) is 2.05. The fourth-order valence-corrected chi connectivity index (χ4v) is 4.54. The monoisotopic (exact) mass is 533 g/mol. The first-order valence-corrected chi connectivity index (χ1v) is 13.0. The largest absolute Gasteiger partial charge is 0.494 e. The number of anilines is 2. The number of hydrogen-bond acceptors (Lipinski definition) is 9. The van der Waals surface area contributed by atoms with E-state index >= 15 is 0 Å². The molecule has 2 fully saturated rings. The molecule has 2 amide bonds. The van der Waals surface area contributed by atoms with E-state index in [9.17, 15) is 19.5 Å². The summed E-state index contributed by atoms with van der Waals surface area (Å²) in [6.07, 6.45) is 5.71. The molecule has 0 aromatic carbocycles. The molecule has 13 nitrogen and oxygen atoms in total. The van der Waals surface area contributed by atoms with Crippen molar-refractivity contribution in [1.29, 1.82) is 5.26 Å². The molecule has 0 radical (unpaired) electrons. The van der Waals surface area contributed by atoms with Gasteiger partial charge >= 0.3 is 0 Å². The Morgan fingerprint density at radius 3 is 2.44 bits per heavy atom. The normalized spacial score (nSPS) is 16.2. The molecule has 3 aromatic rings. The molecule has 0 atom stereocenters. The van der Waals surface area contributed by atoms with Crippen molar-refractivity contribution in [1.82, 2.24) is 34.4 Å². The summed E-state index contributed by atoms with van der Waals surface area (Å²) < 4.78 is 2.59.